The van der Waals surface area contributed by atoms with Crippen molar-refractivity contribution >= 4 is 16.8 Å². The van der Waals surface area contributed by atoms with Crippen molar-refractivity contribution in [3.05, 3.63) is 42.1 Å². The van der Waals surface area contributed by atoms with Crippen molar-refractivity contribution < 1.29 is 9.53 Å². The number of rotatable bonds is 4. The Hall–Kier alpha value is -1.98. The van der Waals surface area contributed by atoms with E-state index < -0.39 is 0 Å². The average Bonchev–Trinajstić information content (AvgIpc) is 2.59. The van der Waals surface area contributed by atoms with Gasteiger partial charge < -0.3 is 9.64 Å². The van der Waals surface area contributed by atoms with E-state index >= 15 is 0 Å². The van der Waals surface area contributed by atoms with Gasteiger partial charge in [0.25, 0.3) is 5.91 Å². The fraction of sp³-hybridized carbons (Fsp3) is 0.444. The predicted octanol–water partition coefficient (Wildman–Crippen LogP) is 2.03. The predicted molar refractivity (Wildman–Crippen MR) is 90.6 cm³/mol. The molecule has 1 aliphatic heterocycles. The Bertz CT molecular complexity index is 684. The number of benzene rings is 1. The fourth-order valence-corrected chi connectivity index (χ4v) is 3.17. The molecule has 1 aromatic heterocycles. The van der Waals surface area contributed by atoms with E-state index in [1.807, 2.05) is 35.2 Å². The lowest BCUT2D eigenvalue weighted by Crippen LogP contribution is -2.54. The molecule has 3 rings (SSSR count). The van der Waals surface area contributed by atoms with Crippen molar-refractivity contribution in [2.75, 3.05) is 39.9 Å². The number of methoxy groups -OCH3 is 1. The second-order valence-electron chi connectivity index (χ2n) is 6.01. The van der Waals surface area contributed by atoms with Crippen LogP contribution in [0, 0.1) is 0 Å². The first kappa shape index (κ1) is 15.9. The van der Waals surface area contributed by atoms with E-state index in [4.69, 9.17) is 4.74 Å². The lowest BCUT2D eigenvalue weighted by molar-refractivity contribution is 0.0436. The Balaban J connectivity index is 1.76. The minimum absolute atomic E-state index is 0.0764. The molecule has 1 atom stereocenters. The van der Waals surface area contributed by atoms with Crippen LogP contribution in [0.5, 0.6) is 0 Å². The second-order valence-corrected chi connectivity index (χ2v) is 6.01. The molecule has 0 bridgehead atoms. The molecule has 1 aliphatic rings. The lowest BCUT2D eigenvalue weighted by atomic mass is 10.1. The van der Waals surface area contributed by atoms with Crippen LogP contribution in [-0.2, 0) is 4.74 Å². The molecule has 1 amide bonds. The Kier molecular flexibility index (Phi) is 4.88. The van der Waals surface area contributed by atoms with Crippen molar-refractivity contribution in [1.82, 2.24) is 14.8 Å². The quantitative estimate of drug-likeness (QED) is 0.866. The normalized spacial score (nSPS) is 19.2. The van der Waals surface area contributed by atoms with Gasteiger partial charge in [-0.3, -0.25) is 14.7 Å². The van der Waals surface area contributed by atoms with Gasteiger partial charge in [0.2, 0.25) is 0 Å². The van der Waals surface area contributed by atoms with Gasteiger partial charge in [-0.05, 0) is 19.1 Å². The fourth-order valence-electron chi connectivity index (χ4n) is 3.17. The van der Waals surface area contributed by atoms with Crippen molar-refractivity contribution in [3.8, 4) is 0 Å². The first-order valence-corrected chi connectivity index (χ1v) is 8.06. The zero-order valence-corrected chi connectivity index (χ0v) is 13.7. The molecule has 122 valence electrons. The van der Waals surface area contributed by atoms with Crippen molar-refractivity contribution in [2.24, 2.45) is 0 Å². The SMILES string of the molecule is COCCN1CCN(C(=O)c2cccc3cccnc23)CC1C. The van der Waals surface area contributed by atoms with Gasteiger partial charge in [0.15, 0.2) is 0 Å². The Morgan fingerprint density at radius 2 is 2.13 bits per heavy atom. The number of carbonyl (C=O) groups is 1. The van der Waals surface area contributed by atoms with Crippen LogP contribution in [0.3, 0.4) is 0 Å². The summed E-state index contributed by atoms with van der Waals surface area (Å²) in [4.78, 5) is 21.6. The zero-order valence-electron chi connectivity index (χ0n) is 13.7. The summed E-state index contributed by atoms with van der Waals surface area (Å²) in [5.74, 6) is 0.0764. The summed E-state index contributed by atoms with van der Waals surface area (Å²) < 4.78 is 5.15. The Morgan fingerprint density at radius 3 is 2.91 bits per heavy atom. The van der Waals surface area contributed by atoms with Gasteiger partial charge in [-0.2, -0.15) is 0 Å². The van der Waals surface area contributed by atoms with Crippen molar-refractivity contribution in [3.63, 3.8) is 0 Å². The topological polar surface area (TPSA) is 45.7 Å². The third-order valence-corrected chi connectivity index (χ3v) is 4.50. The van der Waals surface area contributed by atoms with Crippen LogP contribution < -0.4 is 0 Å². The van der Waals surface area contributed by atoms with Crippen molar-refractivity contribution in [2.45, 2.75) is 13.0 Å². The van der Waals surface area contributed by atoms with Gasteiger partial charge in [0, 0.05) is 50.9 Å². The van der Waals surface area contributed by atoms with Gasteiger partial charge >= 0.3 is 0 Å². The number of nitrogens with zero attached hydrogens (tertiary/aromatic N) is 3. The third kappa shape index (κ3) is 3.35. The van der Waals surface area contributed by atoms with Crippen LogP contribution in [0.1, 0.15) is 17.3 Å². The molecule has 0 radical (unpaired) electrons. The maximum Gasteiger partial charge on any atom is 0.256 e. The number of amides is 1. The number of ether oxygens (including phenoxy) is 1. The molecule has 1 unspecified atom stereocenters. The Labute approximate surface area is 136 Å². The number of hydrogen-bond donors (Lipinski definition) is 0. The molecule has 2 heterocycles. The maximum absolute atomic E-state index is 12.9. The van der Waals surface area contributed by atoms with E-state index in [1.54, 1.807) is 13.3 Å². The number of pyridine rings is 1. The van der Waals surface area contributed by atoms with E-state index in [0.717, 1.165) is 43.7 Å². The molecule has 23 heavy (non-hydrogen) atoms. The molecule has 2 aromatic rings. The number of para-hydroxylation sites is 1. The summed E-state index contributed by atoms with van der Waals surface area (Å²) in [6.07, 6.45) is 1.74. The van der Waals surface area contributed by atoms with E-state index in [-0.39, 0.29) is 5.91 Å². The monoisotopic (exact) mass is 313 g/mol. The lowest BCUT2D eigenvalue weighted by Gasteiger charge is -2.39. The van der Waals surface area contributed by atoms with Crippen LogP contribution in [0.25, 0.3) is 10.9 Å². The summed E-state index contributed by atoms with van der Waals surface area (Å²) in [5, 5.41) is 1.00. The first-order valence-electron chi connectivity index (χ1n) is 8.06. The largest absolute Gasteiger partial charge is 0.383 e. The van der Waals surface area contributed by atoms with Crippen LogP contribution in [0.2, 0.25) is 0 Å². The minimum atomic E-state index is 0.0764. The second kappa shape index (κ2) is 7.06. The van der Waals surface area contributed by atoms with E-state index in [0.29, 0.717) is 11.6 Å². The summed E-state index contributed by atoms with van der Waals surface area (Å²) in [6.45, 7) is 6.17. The molecule has 0 spiro atoms. The van der Waals surface area contributed by atoms with Gasteiger partial charge in [-0.15, -0.1) is 0 Å². The van der Waals surface area contributed by atoms with Crippen LogP contribution >= 0.6 is 0 Å². The molecule has 0 aliphatic carbocycles. The van der Waals surface area contributed by atoms with Gasteiger partial charge in [0.05, 0.1) is 17.7 Å². The molecule has 1 fully saturated rings. The molecule has 1 saturated heterocycles. The molecular weight excluding hydrogens is 290 g/mol. The molecule has 0 saturated carbocycles. The molecule has 0 N–H and O–H groups in total. The number of piperazine rings is 1. The molecule has 5 heteroatoms. The molecule has 5 nitrogen and oxygen atoms in total. The number of hydrogen-bond acceptors (Lipinski definition) is 4. The highest BCUT2D eigenvalue weighted by Crippen LogP contribution is 2.19. The maximum atomic E-state index is 12.9. The zero-order chi connectivity index (χ0) is 16.2. The summed E-state index contributed by atoms with van der Waals surface area (Å²) in [6, 6.07) is 10.0. The number of aromatic nitrogens is 1. The van der Waals surface area contributed by atoms with Gasteiger partial charge in [-0.1, -0.05) is 18.2 Å². The first-order chi connectivity index (χ1) is 11.2. The Morgan fingerprint density at radius 1 is 1.30 bits per heavy atom. The summed E-state index contributed by atoms with van der Waals surface area (Å²) in [7, 11) is 1.72. The van der Waals surface area contributed by atoms with Gasteiger partial charge in [0.1, 0.15) is 0 Å². The van der Waals surface area contributed by atoms with Crippen LogP contribution in [0.4, 0.5) is 0 Å². The van der Waals surface area contributed by atoms with Crippen LogP contribution in [0.15, 0.2) is 36.5 Å². The van der Waals surface area contributed by atoms with E-state index in [1.165, 1.54) is 0 Å². The molecular formula is C18H23N3O2. The highest BCUT2D eigenvalue weighted by Gasteiger charge is 2.27. The van der Waals surface area contributed by atoms with E-state index in [9.17, 15) is 4.79 Å². The van der Waals surface area contributed by atoms with E-state index in [2.05, 4.69) is 16.8 Å². The minimum Gasteiger partial charge on any atom is -0.383 e. The highest BCUT2D eigenvalue weighted by atomic mass is 16.5. The number of carbonyl (C=O) groups excluding carboxylic acids is 1. The average molecular weight is 313 g/mol. The summed E-state index contributed by atoms with van der Waals surface area (Å²) in [5.41, 5.74) is 1.48. The molecule has 1 aromatic carbocycles. The summed E-state index contributed by atoms with van der Waals surface area (Å²) >= 11 is 0. The highest BCUT2D eigenvalue weighted by molar-refractivity contribution is 6.05. The van der Waals surface area contributed by atoms with Crippen molar-refractivity contribution in [1.29, 1.82) is 0 Å². The number of fused-ring (bicyclic) bond motifs is 1. The third-order valence-electron chi connectivity index (χ3n) is 4.50. The standard InChI is InChI=1S/C18H23N3O2/c1-14-13-21(10-9-20(14)11-12-23-2)18(22)16-7-3-5-15-6-4-8-19-17(15)16/h3-8,14H,9-13H2,1-2H3. The van der Waals surface area contributed by atoms with Crippen LogP contribution in [-0.4, -0.2) is 66.6 Å². The van der Waals surface area contributed by atoms with Gasteiger partial charge in [-0.25, -0.2) is 0 Å². The smallest absolute Gasteiger partial charge is 0.256 e.